The lowest BCUT2D eigenvalue weighted by molar-refractivity contribution is -0.119. The second-order valence-corrected chi connectivity index (χ2v) is 6.40. The minimum atomic E-state index is -0.426. The standard InChI is InChI=1S/C14H20N4O2S/c1-10(21-14-15-8-5-9-16-14)12(19)18-13(20)17-11-6-3-2-4-7-11/h5,8-11H,2-4,6-7H2,1H3,(H2,17,18,19,20)/t10-/m0/s1. The molecule has 3 amide bonds. The van der Waals surface area contributed by atoms with Gasteiger partial charge in [-0.25, -0.2) is 14.8 Å². The topological polar surface area (TPSA) is 84.0 Å². The van der Waals surface area contributed by atoms with Crippen molar-refractivity contribution in [3.05, 3.63) is 18.5 Å². The molecule has 1 heterocycles. The number of urea groups is 1. The molecule has 2 N–H and O–H groups in total. The Labute approximate surface area is 128 Å². The third-order valence-corrected chi connectivity index (χ3v) is 4.36. The molecule has 1 saturated carbocycles. The first-order valence-corrected chi connectivity index (χ1v) is 8.08. The maximum atomic E-state index is 12.0. The molecular formula is C14H20N4O2S. The lowest BCUT2D eigenvalue weighted by Crippen LogP contribution is -2.47. The molecule has 1 aliphatic rings. The second-order valence-electron chi connectivity index (χ2n) is 5.09. The molecule has 1 aliphatic carbocycles. The first kappa shape index (κ1) is 15.8. The zero-order valence-electron chi connectivity index (χ0n) is 12.0. The smallest absolute Gasteiger partial charge is 0.321 e. The van der Waals surface area contributed by atoms with E-state index in [1.807, 2.05) is 0 Å². The van der Waals surface area contributed by atoms with E-state index in [4.69, 9.17) is 0 Å². The van der Waals surface area contributed by atoms with Crippen molar-refractivity contribution < 1.29 is 9.59 Å². The average Bonchev–Trinajstić information content (AvgIpc) is 2.49. The molecule has 7 heteroatoms. The molecule has 1 aromatic heterocycles. The molecule has 0 radical (unpaired) electrons. The molecule has 1 atom stereocenters. The highest BCUT2D eigenvalue weighted by atomic mass is 32.2. The van der Waals surface area contributed by atoms with Crippen LogP contribution in [0, 0.1) is 0 Å². The van der Waals surface area contributed by atoms with E-state index in [2.05, 4.69) is 20.6 Å². The number of aromatic nitrogens is 2. The molecule has 0 bridgehead atoms. The van der Waals surface area contributed by atoms with Crippen molar-refractivity contribution in [1.82, 2.24) is 20.6 Å². The Morgan fingerprint density at radius 1 is 1.24 bits per heavy atom. The summed E-state index contributed by atoms with van der Waals surface area (Å²) in [4.78, 5) is 31.8. The van der Waals surface area contributed by atoms with Crippen LogP contribution in [0.5, 0.6) is 0 Å². The Morgan fingerprint density at radius 2 is 1.90 bits per heavy atom. The van der Waals surface area contributed by atoms with Gasteiger partial charge in [-0.1, -0.05) is 31.0 Å². The van der Waals surface area contributed by atoms with Gasteiger partial charge in [0.15, 0.2) is 5.16 Å². The summed E-state index contributed by atoms with van der Waals surface area (Å²) in [6, 6.07) is 1.49. The van der Waals surface area contributed by atoms with Crippen LogP contribution in [0.15, 0.2) is 23.6 Å². The minimum absolute atomic E-state index is 0.187. The third-order valence-electron chi connectivity index (χ3n) is 3.37. The first-order valence-electron chi connectivity index (χ1n) is 7.20. The van der Waals surface area contributed by atoms with Gasteiger partial charge in [-0.15, -0.1) is 0 Å². The maximum absolute atomic E-state index is 12.0. The maximum Gasteiger partial charge on any atom is 0.321 e. The van der Waals surface area contributed by atoms with Crippen LogP contribution in [-0.4, -0.2) is 33.2 Å². The van der Waals surface area contributed by atoms with E-state index in [0.717, 1.165) is 25.7 Å². The highest BCUT2D eigenvalue weighted by Gasteiger charge is 2.20. The van der Waals surface area contributed by atoms with Crippen molar-refractivity contribution in [2.24, 2.45) is 0 Å². The molecule has 2 rings (SSSR count). The zero-order chi connectivity index (χ0) is 15.1. The van der Waals surface area contributed by atoms with Crippen LogP contribution in [-0.2, 0) is 4.79 Å². The molecule has 6 nitrogen and oxygen atoms in total. The molecule has 0 aromatic carbocycles. The Hall–Kier alpha value is -1.63. The van der Waals surface area contributed by atoms with E-state index in [1.54, 1.807) is 25.4 Å². The van der Waals surface area contributed by atoms with Gasteiger partial charge in [0.1, 0.15) is 0 Å². The van der Waals surface area contributed by atoms with Gasteiger partial charge in [0.25, 0.3) is 0 Å². The van der Waals surface area contributed by atoms with Gasteiger partial charge in [0.2, 0.25) is 5.91 Å². The summed E-state index contributed by atoms with van der Waals surface area (Å²) in [6.07, 6.45) is 8.72. The molecule has 21 heavy (non-hydrogen) atoms. The number of hydrogen-bond acceptors (Lipinski definition) is 5. The quantitative estimate of drug-likeness (QED) is 0.657. The van der Waals surface area contributed by atoms with Gasteiger partial charge in [0.05, 0.1) is 5.25 Å². The summed E-state index contributed by atoms with van der Waals surface area (Å²) in [6.45, 7) is 1.73. The fraction of sp³-hybridized carbons (Fsp3) is 0.571. The molecular weight excluding hydrogens is 288 g/mol. The van der Waals surface area contributed by atoms with E-state index in [0.29, 0.717) is 5.16 Å². The van der Waals surface area contributed by atoms with E-state index in [-0.39, 0.29) is 11.9 Å². The highest BCUT2D eigenvalue weighted by molar-refractivity contribution is 8.00. The lowest BCUT2D eigenvalue weighted by Gasteiger charge is -2.22. The predicted octanol–water partition coefficient (Wildman–Crippen LogP) is 2.12. The van der Waals surface area contributed by atoms with Gasteiger partial charge in [-0.3, -0.25) is 10.1 Å². The predicted molar refractivity (Wildman–Crippen MR) is 80.9 cm³/mol. The minimum Gasteiger partial charge on any atom is -0.335 e. The summed E-state index contributed by atoms with van der Waals surface area (Å²) in [7, 11) is 0. The monoisotopic (exact) mass is 308 g/mol. The third kappa shape index (κ3) is 5.34. The number of hydrogen-bond donors (Lipinski definition) is 2. The van der Waals surface area contributed by atoms with Crippen LogP contribution in [0.1, 0.15) is 39.0 Å². The van der Waals surface area contributed by atoms with Crippen LogP contribution in [0.25, 0.3) is 0 Å². The number of nitrogens with one attached hydrogen (secondary N) is 2. The fourth-order valence-electron chi connectivity index (χ4n) is 2.24. The zero-order valence-corrected chi connectivity index (χ0v) is 12.9. The molecule has 1 aromatic rings. The van der Waals surface area contributed by atoms with Crippen LogP contribution in [0.4, 0.5) is 4.79 Å². The van der Waals surface area contributed by atoms with Crippen molar-refractivity contribution in [3.8, 4) is 0 Å². The van der Waals surface area contributed by atoms with Gasteiger partial charge < -0.3 is 5.32 Å². The molecule has 0 unspecified atom stereocenters. The van der Waals surface area contributed by atoms with Gasteiger partial charge in [0, 0.05) is 18.4 Å². The highest BCUT2D eigenvalue weighted by Crippen LogP contribution is 2.19. The number of carbonyl (C=O) groups excluding carboxylic acids is 2. The summed E-state index contributed by atoms with van der Waals surface area (Å²) in [5.74, 6) is -0.333. The summed E-state index contributed by atoms with van der Waals surface area (Å²) >= 11 is 1.23. The fourth-order valence-corrected chi connectivity index (χ4v) is 2.97. The molecule has 0 aliphatic heterocycles. The number of amides is 3. The number of nitrogens with zero attached hydrogens (tertiary/aromatic N) is 2. The van der Waals surface area contributed by atoms with Crippen molar-refractivity contribution in [2.45, 2.75) is 55.5 Å². The van der Waals surface area contributed by atoms with E-state index in [1.165, 1.54) is 18.2 Å². The Balaban J connectivity index is 1.76. The van der Waals surface area contributed by atoms with E-state index >= 15 is 0 Å². The van der Waals surface area contributed by atoms with Gasteiger partial charge in [-0.2, -0.15) is 0 Å². The van der Waals surface area contributed by atoms with Crippen LogP contribution >= 0.6 is 11.8 Å². The molecule has 114 valence electrons. The number of rotatable bonds is 4. The SMILES string of the molecule is C[C@H](Sc1ncccn1)C(=O)NC(=O)NC1CCCCC1. The van der Waals surface area contributed by atoms with Crippen LogP contribution in [0.2, 0.25) is 0 Å². The first-order chi connectivity index (χ1) is 10.1. The number of imide groups is 1. The Bertz CT molecular complexity index is 477. The molecule has 0 spiro atoms. The van der Waals surface area contributed by atoms with Gasteiger partial charge in [-0.05, 0) is 25.8 Å². The van der Waals surface area contributed by atoms with Crippen LogP contribution in [0.3, 0.4) is 0 Å². The second kappa shape index (κ2) is 7.97. The summed E-state index contributed by atoms with van der Waals surface area (Å²) in [5.41, 5.74) is 0. The van der Waals surface area contributed by atoms with E-state index in [9.17, 15) is 9.59 Å². The van der Waals surface area contributed by atoms with Crippen LogP contribution < -0.4 is 10.6 Å². The largest absolute Gasteiger partial charge is 0.335 e. The Kier molecular flexibility index (Phi) is 5.98. The lowest BCUT2D eigenvalue weighted by atomic mass is 9.96. The van der Waals surface area contributed by atoms with Crippen molar-refractivity contribution >= 4 is 23.7 Å². The van der Waals surface area contributed by atoms with Crippen molar-refractivity contribution in [2.75, 3.05) is 0 Å². The number of carbonyl (C=O) groups is 2. The van der Waals surface area contributed by atoms with E-state index < -0.39 is 11.3 Å². The van der Waals surface area contributed by atoms with Crippen molar-refractivity contribution in [1.29, 1.82) is 0 Å². The van der Waals surface area contributed by atoms with Gasteiger partial charge >= 0.3 is 6.03 Å². The Morgan fingerprint density at radius 3 is 2.57 bits per heavy atom. The molecule has 0 saturated heterocycles. The summed E-state index contributed by atoms with van der Waals surface area (Å²) in [5, 5.41) is 5.33. The average molecular weight is 308 g/mol. The van der Waals surface area contributed by atoms with Crippen molar-refractivity contribution in [3.63, 3.8) is 0 Å². The molecule has 1 fully saturated rings. The summed E-state index contributed by atoms with van der Waals surface area (Å²) < 4.78 is 0. The normalized spacial score (nSPS) is 17.0. The number of thioether (sulfide) groups is 1.